The fourth-order valence-corrected chi connectivity index (χ4v) is 7.72. The van der Waals surface area contributed by atoms with Crippen molar-refractivity contribution in [2.75, 3.05) is 19.6 Å². The predicted octanol–water partition coefficient (Wildman–Crippen LogP) is 5.19. The number of aromatic nitrogens is 3. The highest BCUT2D eigenvalue weighted by atomic mass is 35.5. The first kappa shape index (κ1) is 26.3. The summed E-state index contributed by atoms with van der Waals surface area (Å²) in [5.41, 5.74) is 2.17. The van der Waals surface area contributed by atoms with Crippen molar-refractivity contribution in [1.29, 1.82) is 0 Å². The summed E-state index contributed by atoms with van der Waals surface area (Å²) in [6.45, 7) is 4.41. The third-order valence-corrected chi connectivity index (χ3v) is 10.7. The highest BCUT2D eigenvalue weighted by Crippen LogP contribution is 2.54. The van der Waals surface area contributed by atoms with E-state index in [-0.39, 0.29) is 35.8 Å². The van der Waals surface area contributed by atoms with Crippen LogP contribution in [-0.2, 0) is 29.7 Å². The summed E-state index contributed by atoms with van der Waals surface area (Å²) in [6, 6.07) is 3.55. The fourth-order valence-electron chi connectivity index (χ4n) is 7.46. The first-order valence-electron chi connectivity index (χ1n) is 15.2. The molecule has 0 radical (unpaired) electrons. The Balaban J connectivity index is 1.22. The Bertz CT molecular complexity index is 1330. The minimum Gasteiger partial charge on any atom is -0.485 e. The van der Waals surface area contributed by atoms with E-state index in [0.717, 1.165) is 67.2 Å². The van der Waals surface area contributed by atoms with Crippen LogP contribution in [0.2, 0.25) is 5.02 Å². The second-order valence-electron chi connectivity index (χ2n) is 13.2. The first-order chi connectivity index (χ1) is 19.3. The normalized spacial score (nSPS) is 27.3. The highest BCUT2D eigenvalue weighted by Gasteiger charge is 2.52. The fraction of sp³-hybridized carbons (Fsp3) is 0.677. The molecular weight excluding hydrogens is 526 g/mol. The SMILES string of the molecule is C[C@H]1CCCC[C@H]1C(=O)N1CCc2c(Cl)ccc(OCc3nnc(C4CC4)n3C)c2[C@H]1CN1CC2(CC2)CC1=O. The molecule has 0 bridgehead atoms. The molecule has 3 aliphatic carbocycles. The summed E-state index contributed by atoms with van der Waals surface area (Å²) in [5, 5.41) is 9.53. The van der Waals surface area contributed by atoms with Crippen LogP contribution in [0, 0.1) is 17.3 Å². The van der Waals surface area contributed by atoms with Gasteiger partial charge in [-0.3, -0.25) is 9.59 Å². The van der Waals surface area contributed by atoms with Gasteiger partial charge >= 0.3 is 0 Å². The molecule has 5 aliphatic rings. The molecule has 3 saturated carbocycles. The second-order valence-corrected chi connectivity index (χ2v) is 13.6. The van der Waals surface area contributed by atoms with Gasteiger partial charge in [0.1, 0.15) is 18.2 Å². The van der Waals surface area contributed by atoms with Gasteiger partial charge in [0.05, 0.1) is 6.04 Å². The van der Waals surface area contributed by atoms with Crippen LogP contribution in [0.15, 0.2) is 12.1 Å². The van der Waals surface area contributed by atoms with Gasteiger partial charge in [-0.05, 0) is 74.0 Å². The maximum absolute atomic E-state index is 14.2. The Hall–Kier alpha value is -2.61. The van der Waals surface area contributed by atoms with E-state index >= 15 is 0 Å². The number of rotatable bonds is 7. The van der Waals surface area contributed by atoms with E-state index in [1.807, 2.05) is 24.1 Å². The van der Waals surface area contributed by atoms with Gasteiger partial charge < -0.3 is 19.1 Å². The molecule has 1 aromatic carbocycles. The number of likely N-dealkylation sites (tertiary alicyclic amines) is 1. The Morgan fingerprint density at radius 3 is 2.67 bits per heavy atom. The van der Waals surface area contributed by atoms with Crippen molar-refractivity contribution in [3.63, 3.8) is 0 Å². The van der Waals surface area contributed by atoms with Crippen molar-refractivity contribution in [2.45, 2.75) is 89.7 Å². The number of hydrogen-bond acceptors (Lipinski definition) is 5. The van der Waals surface area contributed by atoms with Crippen LogP contribution in [0.1, 0.15) is 99.4 Å². The summed E-state index contributed by atoms with van der Waals surface area (Å²) in [5.74, 6) is 3.88. The van der Waals surface area contributed by atoms with Crippen LogP contribution in [0.3, 0.4) is 0 Å². The number of benzene rings is 1. The highest BCUT2D eigenvalue weighted by molar-refractivity contribution is 6.31. The van der Waals surface area contributed by atoms with Crippen molar-refractivity contribution >= 4 is 23.4 Å². The number of nitrogens with zero attached hydrogens (tertiary/aromatic N) is 5. The lowest BCUT2D eigenvalue weighted by molar-refractivity contribution is -0.143. The number of halogens is 1. The van der Waals surface area contributed by atoms with Crippen molar-refractivity contribution in [1.82, 2.24) is 24.6 Å². The molecule has 2 amide bonds. The Labute approximate surface area is 241 Å². The molecule has 40 heavy (non-hydrogen) atoms. The average Bonchev–Trinajstić information content (AvgIpc) is 3.86. The van der Waals surface area contributed by atoms with E-state index in [4.69, 9.17) is 16.3 Å². The van der Waals surface area contributed by atoms with Crippen molar-refractivity contribution in [2.24, 2.45) is 24.3 Å². The first-order valence-corrected chi connectivity index (χ1v) is 15.6. The second kappa shape index (κ2) is 10.0. The van der Waals surface area contributed by atoms with Crippen LogP contribution < -0.4 is 4.74 Å². The smallest absolute Gasteiger partial charge is 0.226 e. The number of fused-ring (bicyclic) bond motifs is 1. The Morgan fingerprint density at radius 1 is 1.15 bits per heavy atom. The van der Waals surface area contributed by atoms with E-state index in [0.29, 0.717) is 42.8 Å². The van der Waals surface area contributed by atoms with Crippen LogP contribution in [0.5, 0.6) is 5.75 Å². The molecule has 7 rings (SSSR count). The van der Waals surface area contributed by atoms with Crippen LogP contribution in [-0.4, -0.2) is 56.0 Å². The summed E-state index contributed by atoms with van der Waals surface area (Å²) in [7, 11) is 2.00. The lowest BCUT2D eigenvalue weighted by Crippen LogP contribution is -2.49. The zero-order chi connectivity index (χ0) is 27.6. The summed E-state index contributed by atoms with van der Waals surface area (Å²) in [4.78, 5) is 31.4. The standard InChI is InChI=1S/C31H40ClN5O3/c1-19-5-3-4-6-21(19)30(39)37-14-11-22-23(32)9-10-25(40-17-26-33-34-29(35(26)2)20-7-8-20)28(22)24(37)16-36-18-31(12-13-31)15-27(36)38/h9-10,19-21,24H,3-8,11-18H2,1-2H3/t19-,21+,24+/m0/s1. The van der Waals surface area contributed by atoms with Gasteiger partial charge in [0.15, 0.2) is 5.82 Å². The third kappa shape index (κ3) is 4.70. The molecule has 0 N–H and O–H groups in total. The third-order valence-electron chi connectivity index (χ3n) is 10.3. The van der Waals surface area contributed by atoms with Gasteiger partial charge in [0, 0.05) is 55.5 Å². The van der Waals surface area contributed by atoms with E-state index < -0.39 is 0 Å². The van der Waals surface area contributed by atoms with E-state index in [2.05, 4.69) is 26.6 Å². The van der Waals surface area contributed by atoms with E-state index in [1.54, 1.807) is 0 Å². The van der Waals surface area contributed by atoms with Crippen molar-refractivity contribution < 1.29 is 14.3 Å². The summed E-state index contributed by atoms with van der Waals surface area (Å²) >= 11 is 6.80. The van der Waals surface area contributed by atoms with E-state index in [1.165, 1.54) is 19.3 Å². The van der Waals surface area contributed by atoms with Gasteiger partial charge in [-0.1, -0.05) is 31.4 Å². The molecule has 4 fully saturated rings. The Kier molecular flexibility index (Phi) is 6.60. The lowest BCUT2D eigenvalue weighted by Gasteiger charge is -2.43. The molecule has 1 spiro atoms. The quantitative estimate of drug-likeness (QED) is 0.461. The minimum absolute atomic E-state index is 0.0323. The average molecular weight is 566 g/mol. The lowest BCUT2D eigenvalue weighted by atomic mass is 9.78. The molecule has 3 heterocycles. The number of amides is 2. The van der Waals surface area contributed by atoms with Crippen molar-refractivity contribution in [3.05, 3.63) is 39.9 Å². The topological polar surface area (TPSA) is 80.6 Å². The van der Waals surface area contributed by atoms with Crippen LogP contribution in [0.25, 0.3) is 0 Å². The molecule has 3 atom stereocenters. The molecular formula is C31H40ClN5O3. The molecule has 1 aromatic heterocycles. The summed E-state index contributed by atoms with van der Waals surface area (Å²) < 4.78 is 8.54. The molecule has 214 valence electrons. The molecule has 2 aliphatic heterocycles. The molecule has 2 aromatic rings. The maximum atomic E-state index is 14.2. The van der Waals surface area contributed by atoms with Gasteiger partial charge in [0.2, 0.25) is 11.8 Å². The molecule has 0 unspecified atom stereocenters. The monoisotopic (exact) mass is 565 g/mol. The van der Waals surface area contributed by atoms with E-state index in [9.17, 15) is 9.59 Å². The number of carbonyl (C=O) groups is 2. The minimum atomic E-state index is -0.279. The van der Waals surface area contributed by atoms with Gasteiger partial charge in [-0.25, -0.2) is 0 Å². The number of ether oxygens (including phenoxy) is 1. The zero-order valence-corrected chi connectivity index (χ0v) is 24.5. The van der Waals surface area contributed by atoms with Crippen LogP contribution >= 0.6 is 11.6 Å². The molecule has 9 heteroatoms. The molecule has 1 saturated heterocycles. The van der Waals surface area contributed by atoms with Gasteiger partial charge in [-0.2, -0.15) is 0 Å². The summed E-state index contributed by atoms with van der Waals surface area (Å²) in [6.07, 6.45) is 10.2. The largest absolute Gasteiger partial charge is 0.485 e. The Morgan fingerprint density at radius 2 is 1.95 bits per heavy atom. The molecule has 8 nitrogen and oxygen atoms in total. The van der Waals surface area contributed by atoms with Crippen molar-refractivity contribution in [3.8, 4) is 5.75 Å². The maximum Gasteiger partial charge on any atom is 0.226 e. The van der Waals surface area contributed by atoms with Crippen LogP contribution in [0.4, 0.5) is 0 Å². The number of carbonyl (C=O) groups excluding carboxylic acids is 2. The zero-order valence-electron chi connectivity index (χ0n) is 23.7. The number of hydrogen-bond donors (Lipinski definition) is 0. The van der Waals surface area contributed by atoms with Gasteiger partial charge in [0.25, 0.3) is 0 Å². The van der Waals surface area contributed by atoms with Gasteiger partial charge in [-0.15, -0.1) is 10.2 Å². The predicted molar refractivity (Wildman–Crippen MR) is 151 cm³/mol.